The molecule has 3 rings (SSSR count). The number of carbonyl (C=O) groups is 3. The van der Waals surface area contributed by atoms with Crippen LogP contribution in [0.5, 0.6) is 0 Å². The second-order valence-electron chi connectivity index (χ2n) is 11.4. The summed E-state index contributed by atoms with van der Waals surface area (Å²) >= 11 is 0. The fourth-order valence-corrected chi connectivity index (χ4v) is 4.71. The number of nitrogens with one attached hydrogen (secondary N) is 2. The van der Waals surface area contributed by atoms with E-state index < -0.39 is 35.3 Å². The van der Waals surface area contributed by atoms with Crippen molar-refractivity contribution in [2.75, 3.05) is 6.61 Å². The quantitative estimate of drug-likeness (QED) is 0.202. The van der Waals surface area contributed by atoms with Crippen molar-refractivity contribution >= 4 is 17.8 Å². The molecule has 0 unspecified atom stereocenters. The minimum Gasteiger partial charge on any atom is -0.481 e. The van der Waals surface area contributed by atoms with Crippen molar-refractivity contribution in [3.63, 3.8) is 0 Å². The molecule has 3 aromatic carbocycles. The van der Waals surface area contributed by atoms with E-state index in [1.165, 1.54) is 0 Å². The van der Waals surface area contributed by atoms with Gasteiger partial charge in [0.05, 0.1) is 19.1 Å². The van der Waals surface area contributed by atoms with Crippen LogP contribution in [0.15, 0.2) is 91.0 Å². The van der Waals surface area contributed by atoms with Gasteiger partial charge < -0.3 is 20.5 Å². The Kier molecular flexibility index (Phi) is 12.1. The van der Waals surface area contributed by atoms with E-state index >= 15 is 0 Å². The smallest absolute Gasteiger partial charge is 0.304 e. The molecule has 2 amide bonds. The molecule has 218 valence electrons. The second kappa shape index (κ2) is 15.7. The van der Waals surface area contributed by atoms with Gasteiger partial charge in [0.2, 0.25) is 11.8 Å². The van der Waals surface area contributed by atoms with Crippen molar-refractivity contribution in [2.24, 2.45) is 11.3 Å². The Labute approximate surface area is 243 Å². The minimum atomic E-state index is -1.05. The lowest BCUT2D eigenvalue weighted by Crippen LogP contribution is -2.55. The fraction of sp³-hybridized carbons (Fsp3) is 0.382. The van der Waals surface area contributed by atoms with Crippen LogP contribution in [0.2, 0.25) is 0 Å². The molecule has 3 N–H and O–H groups in total. The van der Waals surface area contributed by atoms with Crippen molar-refractivity contribution in [3.8, 4) is 0 Å². The average molecular weight is 559 g/mol. The predicted molar refractivity (Wildman–Crippen MR) is 160 cm³/mol. The Morgan fingerprint density at radius 3 is 1.80 bits per heavy atom. The van der Waals surface area contributed by atoms with Crippen LogP contribution in [0.4, 0.5) is 0 Å². The van der Waals surface area contributed by atoms with E-state index in [1.54, 1.807) is 0 Å². The maximum Gasteiger partial charge on any atom is 0.304 e. The molecule has 0 saturated carbocycles. The summed E-state index contributed by atoms with van der Waals surface area (Å²) in [6.07, 6.45) is 1.43. The number of carboxylic acid groups (broad SMARTS) is 1. The lowest BCUT2D eigenvalue weighted by atomic mass is 9.84. The number of carbonyl (C=O) groups excluding carboxylic acids is 2. The van der Waals surface area contributed by atoms with E-state index in [4.69, 9.17) is 4.74 Å². The zero-order valence-electron chi connectivity index (χ0n) is 24.2. The Hall–Kier alpha value is -3.97. The predicted octanol–water partition coefficient (Wildman–Crippen LogP) is 5.90. The third kappa shape index (κ3) is 10.5. The Morgan fingerprint density at radius 1 is 0.756 bits per heavy atom. The first kappa shape index (κ1) is 31.6. The van der Waals surface area contributed by atoms with Gasteiger partial charge in [-0.15, -0.1) is 0 Å². The zero-order valence-corrected chi connectivity index (χ0v) is 24.2. The normalized spacial score (nSPS) is 12.9. The monoisotopic (exact) mass is 558 g/mol. The first-order chi connectivity index (χ1) is 19.6. The average Bonchev–Trinajstić information content (AvgIpc) is 2.96. The van der Waals surface area contributed by atoms with Gasteiger partial charge in [0, 0.05) is 12.5 Å². The number of amides is 2. The molecule has 0 fully saturated rings. The Morgan fingerprint density at radius 2 is 1.29 bits per heavy atom. The van der Waals surface area contributed by atoms with Gasteiger partial charge >= 0.3 is 5.97 Å². The summed E-state index contributed by atoms with van der Waals surface area (Å²) in [5.74, 6) is -2.55. The number of benzene rings is 3. The van der Waals surface area contributed by atoms with E-state index in [2.05, 4.69) is 10.6 Å². The number of carboxylic acids is 1. The summed E-state index contributed by atoms with van der Waals surface area (Å²) in [4.78, 5) is 38.7. The first-order valence-corrected chi connectivity index (χ1v) is 14.2. The van der Waals surface area contributed by atoms with Gasteiger partial charge in [0.15, 0.2) is 0 Å². The minimum absolute atomic E-state index is 0.300. The van der Waals surface area contributed by atoms with Crippen LogP contribution in [-0.2, 0) is 25.7 Å². The van der Waals surface area contributed by atoms with Gasteiger partial charge in [-0.25, -0.2) is 0 Å². The molecule has 0 aliphatic carbocycles. The molecule has 3 aromatic rings. The van der Waals surface area contributed by atoms with Crippen molar-refractivity contribution < 1.29 is 24.2 Å². The number of aliphatic carboxylic acids is 1. The molecule has 0 aliphatic rings. The lowest BCUT2D eigenvalue weighted by Gasteiger charge is -2.33. The fourth-order valence-electron chi connectivity index (χ4n) is 4.71. The van der Waals surface area contributed by atoms with Crippen LogP contribution in [0.1, 0.15) is 69.2 Å². The third-order valence-electron chi connectivity index (χ3n) is 6.96. The van der Waals surface area contributed by atoms with E-state index in [9.17, 15) is 19.5 Å². The number of hydrogen-bond donors (Lipinski definition) is 3. The van der Waals surface area contributed by atoms with Crippen LogP contribution in [-0.4, -0.2) is 35.5 Å². The molecular formula is C34H42N2O5. The Balaban J connectivity index is 1.64. The molecule has 0 aliphatic heterocycles. The van der Waals surface area contributed by atoms with E-state index in [0.29, 0.717) is 32.5 Å². The van der Waals surface area contributed by atoms with Crippen LogP contribution >= 0.6 is 0 Å². The van der Waals surface area contributed by atoms with Crippen molar-refractivity contribution in [2.45, 2.75) is 65.1 Å². The van der Waals surface area contributed by atoms with Gasteiger partial charge in [0.1, 0.15) is 6.04 Å². The topological polar surface area (TPSA) is 105 Å². The van der Waals surface area contributed by atoms with Crippen LogP contribution in [0.3, 0.4) is 0 Å². The van der Waals surface area contributed by atoms with E-state index in [-0.39, 0.29) is 12.3 Å². The first-order valence-electron chi connectivity index (χ1n) is 14.2. The Bertz CT molecular complexity index is 1190. The van der Waals surface area contributed by atoms with Crippen LogP contribution < -0.4 is 10.6 Å². The van der Waals surface area contributed by atoms with Crippen LogP contribution in [0.25, 0.3) is 0 Å². The third-order valence-corrected chi connectivity index (χ3v) is 6.96. The molecule has 0 bridgehead atoms. The summed E-state index contributed by atoms with van der Waals surface area (Å²) < 4.78 is 5.72. The van der Waals surface area contributed by atoms with Gasteiger partial charge in [-0.3, -0.25) is 14.4 Å². The molecule has 0 aromatic heterocycles. The van der Waals surface area contributed by atoms with E-state index in [0.717, 1.165) is 16.7 Å². The number of rotatable bonds is 15. The van der Waals surface area contributed by atoms with Crippen molar-refractivity contribution in [1.29, 1.82) is 0 Å². The largest absolute Gasteiger partial charge is 0.481 e. The zero-order chi connectivity index (χ0) is 29.7. The standard InChI is InChI=1S/C34H42N2O5/c1-34(2,3)31(33(40)35-30(26-17-9-5-10-18-26)27-19-11-6-12-20-27)36-32(39)28(23-29(37)38)21-13-14-22-41-24-25-15-7-4-8-16-25/h4-12,15-20,28,30-31H,13-14,21-24H2,1-3H3,(H,35,40)(H,36,39)(H,37,38)/t28-,31-/m1/s1. The highest BCUT2D eigenvalue weighted by Crippen LogP contribution is 2.26. The highest BCUT2D eigenvalue weighted by molar-refractivity contribution is 5.90. The summed E-state index contributed by atoms with van der Waals surface area (Å²) in [5.41, 5.74) is 2.31. The molecule has 0 radical (unpaired) electrons. The molecule has 0 saturated heterocycles. The summed E-state index contributed by atoms with van der Waals surface area (Å²) in [6, 6.07) is 27.9. The molecule has 7 nitrogen and oxygen atoms in total. The highest BCUT2D eigenvalue weighted by Gasteiger charge is 2.36. The highest BCUT2D eigenvalue weighted by atomic mass is 16.5. The summed E-state index contributed by atoms with van der Waals surface area (Å²) in [6.45, 7) is 6.68. The van der Waals surface area contributed by atoms with Gasteiger partial charge in [0.25, 0.3) is 0 Å². The molecule has 0 spiro atoms. The van der Waals surface area contributed by atoms with Gasteiger partial charge in [-0.05, 0) is 34.9 Å². The van der Waals surface area contributed by atoms with E-state index in [1.807, 2.05) is 112 Å². The molecule has 0 heterocycles. The second-order valence-corrected chi connectivity index (χ2v) is 11.4. The lowest BCUT2D eigenvalue weighted by molar-refractivity contribution is -0.142. The SMILES string of the molecule is CC(C)(C)[C@H](NC(=O)[C@H](CCCCOCc1ccccc1)CC(=O)O)C(=O)NC(c1ccccc1)c1ccccc1. The maximum absolute atomic E-state index is 13.7. The summed E-state index contributed by atoms with van der Waals surface area (Å²) in [7, 11) is 0. The number of ether oxygens (including phenoxy) is 1. The molecule has 7 heteroatoms. The molecule has 2 atom stereocenters. The van der Waals surface area contributed by atoms with Gasteiger partial charge in [-0.2, -0.15) is 0 Å². The van der Waals surface area contributed by atoms with Gasteiger partial charge in [-0.1, -0.05) is 118 Å². The number of hydrogen-bond acceptors (Lipinski definition) is 4. The van der Waals surface area contributed by atoms with Crippen molar-refractivity contribution in [3.05, 3.63) is 108 Å². The maximum atomic E-state index is 13.7. The van der Waals surface area contributed by atoms with Crippen LogP contribution in [0, 0.1) is 11.3 Å². The molecule has 41 heavy (non-hydrogen) atoms. The number of unbranched alkanes of at least 4 members (excludes halogenated alkanes) is 1. The summed E-state index contributed by atoms with van der Waals surface area (Å²) in [5, 5.41) is 15.5. The van der Waals surface area contributed by atoms with Crippen molar-refractivity contribution in [1.82, 2.24) is 10.6 Å². The molecular weight excluding hydrogens is 516 g/mol.